The Kier molecular flexibility index (Phi) is 13.0. The van der Waals surface area contributed by atoms with Gasteiger partial charge in [0.15, 0.2) is 0 Å². The minimum atomic E-state index is -3.92. The predicted molar refractivity (Wildman–Crippen MR) is 179 cm³/mol. The van der Waals surface area contributed by atoms with Crippen LogP contribution < -0.4 is 5.73 Å². The van der Waals surface area contributed by atoms with Gasteiger partial charge in [-0.2, -0.15) is 60.7 Å². The van der Waals surface area contributed by atoms with Crippen LogP contribution in [0, 0.1) is 47.6 Å². The SMILES string of the molecule is CCCCP(C12CC3CC(CC(C3)C1)C2)C12CC3CC(CC(C3)C1)C2.CS(=O)(=O)[O-].Nc1[c-]cccc1.[Pd].[c-]1ccccc1. The van der Waals surface area contributed by atoms with E-state index in [1.807, 2.05) is 42.5 Å². The Labute approximate surface area is 283 Å². The molecule has 0 atom stereocenters. The standard InChI is InChI=1S/C24H39P.C6H6N.C6H5.CH4O3S.Pd/c1-2-3-4-25(23-11-17-5-18(12-23)7-19(6-17)13-23)24-14-20-8-21(15-24)10-22(9-20)16-24;7-6-4-2-1-3-5-6;1-2-4-6-5-3-1;1-5(2,3)4;/h17-22H,2-16H2,1H3;1-4H,7H2;1-5H;1H3,(H,2,3,4);/q;2*-1;;/p-1. The van der Waals surface area contributed by atoms with Crippen molar-refractivity contribution in [3.8, 4) is 0 Å². The van der Waals surface area contributed by atoms with Crippen LogP contribution in [-0.2, 0) is 30.5 Å². The summed E-state index contributed by atoms with van der Waals surface area (Å²) in [4.78, 5) is 0. The molecular formula is C37H53NO3PPdS-3. The molecule has 8 aliphatic rings. The molecule has 2 N–H and O–H groups in total. The minimum absolute atomic E-state index is 0. The van der Waals surface area contributed by atoms with E-state index in [0.717, 1.165) is 45.8 Å². The molecule has 0 radical (unpaired) electrons. The molecule has 0 saturated heterocycles. The number of nitrogens with two attached hydrogens (primary N) is 1. The van der Waals surface area contributed by atoms with Gasteiger partial charge in [0.1, 0.15) is 0 Å². The van der Waals surface area contributed by atoms with Crippen LogP contribution >= 0.6 is 7.92 Å². The van der Waals surface area contributed by atoms with Crippen LogP contribution in [0.1, 0.15) is 96.8 Å². The van der Waals surface area contributed by atoms with Gasteiger partial charge in [0.2, 0.25) is 0 Å². The molecule has 8 aliphatic carbocycles. The Morgan fingerprint density at radius 2 is 1.16 bits per heavy atom. The van der Waals surface area contributed by atoms with E-state index in [9.17, 15) is 0 Å². The number of rotatable bonds is 5. The van der Waals surface area contributed by atoms with Gasteiger partial charge in [-0.25, -0.2) is 8.42 Å². The summed E-state index contributed by atoms with van der Waals surface area (Å²) in [7, 11) is -3.63. The fraction of sp³-hybridized carbons (Fsp3) is 0.676. The van der Waals surface area contributed by atoms with Crippen molar-refractivity contribution < 1.29 is 33.4 Å². The third-order valence-corrected chi connectivity index (χ3v) is 15.4. The molecule has 10 rings (SSSR count). The topological polar surface area (TPSA) is 83.2 Å². The predicted octanol–water partition coefficient (Wildman–Crippen LogP) is 8.92. The fourth-order valence-electron chi connectivity index (χ4n) is 10.8. The Balaban J connectivity index is 0.000000191. The summed E-state index contributed by atoms with van der Waals surface area (Å²) in [6.07, 6.45) is 25.2. The van der Waals surface area contributed by atoms with Crippen molar-refractivity contribution in [2.24, 2.45) is 35.5 Å². The molecule has 0 amide bonds. The number of hydrogen-bond donors (Lipinski definition) is 1. The first-order valence-electron chi connectivity index (χ1n) is 16.9. The molecule has 2 aromatic rings. The maximum atomic E-state index is 9.08. The van der Waals surface area contributed by atoms with Crippen LogP contribution in [0.4, 0.5) is 5.69 Å². The smallest absolute Gasteiger partial charge is 0.0916 e. The summed E-state index contributed by atoms with van der Waals surface area (Å²) in [6, 6.07) is 22.7. The molecule has 7 heteroatoms. The first-order valence-corrected chi connectivity index (χ1v) is 20.2. The molecule has 0 spiro atoms. The second-order valence-electron chi connectivity index (χ2n) is 14.9. The molecule has 8 saturated carbocycles. The normalized spacial score (nSPS) is 35.9. The molecule has 4 nitrogen and oxygen atoms in total. The summed E-state index contributed by atoms with van der Waals surface area (Å²) in [6.45, 7) is 2.45. The van der Waals surface area contributed by atoms with Gasteiger partial charge in [0, 0.05) is 26.7 Å². The van der Waals surface area contributed by atoms with Crippen LogP contribution in [0.15, 0.2) is 54.6 Å². The molecule has 0 heterocycles. The van der Waals surface area contributed by atoms with E-state index in [1.54, 1.807) is 102 Å². The van der Waals surface area contributed by atoms with E-state index in [0.29, 0.717) is 11.9 Å². The van der Waals surface area contributed by atoms with E-state index >= 15 is 0 Å². The molecule has 0 unspecified atom stereocenters. The molecule has 0 aromatic heterocycles. The van der Waals surface area contributed by atoms with E-state index in [4.69, 9.17) is 18.7 Å². The van der Waals surface area contributed by atoms with Crippen LogP contribution in [-0.4, -0.2) is 35.7 Å². The van der Waals surface area contributed by atoms with Crippen LogP contribution in [0.5, 0.6) is 0 Å². The summed E-state index contributed by atoms with van der Waals surface area (Å²) >= 11 is 0. The zero-order chi connectivity index (χ0) is 30.5. The van der Waals surface area contributed by atoms with Gasteiger partial charge < -0.3 is 10.3 Å². The Morgan fingerprint density at radius 1 is 0.773 bits per heavy atom. The Hall–Kier alpha value is -0.758. The van der Waals surface area contributed by atoms with Crippen LogP contribution in [0.3, 0.4) is 0 Å². The van der Waals surface area contributed by atoms with E-state index in [2.05, 4.69) is 19.1 Å². The number of unbranched alkanes of at least 4 members (excludes halogenated alkanes) is 1. The molecule has 8 fully saturated rings. The zero-order valence-electron chi connectivity index (χ0n) is 26.7. The fourth-order valence-corrected chi connectivity index (χ4v) is 16.3. The van der Waals surface area contributed by atoms with Gasteiger partial charge in [0.25, 0.3) is 0 Å². The molecule has 2 aromatic carbocycles. The zero-order valence-corrected chi connectivity index (χ0v) is 30.0. The molecule has 44 heavy (non-hydrogen) atoms. The average Bonchev–Trinajstić information content (AvgIpc) is 2.93. The van der Waals surface area contributed by atoms with Crippen LogP contribution in [0.25, 0.3) is 0 Å². The van der Waals surface area contributed by atoms with Crippen molar-refractivity contribution in [1.82, 2.24) is 0 Å². The van der Waals surface area contributed by atoms with Crippen molar-refractivity contribution >= 4 is 23.7 Å². The Morgan fingerprint density at radius 3 is 1.39 bits per heavy atom. The van der Waals surface area contributed by atoms with Crippen molar-refractivity contribution in [2.45, 2.75) is 107 Å². The third-order valence-electron chi connectivity index (χ3n) is 11.2. The van der Waals surface area contributed by atoms with Gasteiger partial charge in [-0.15, -0.1) is 6.07 Å². The van der Waals surface area contributed by atoms with E-state index < -0.39 is 10.1 Å². The number of benzene rings is 2. The Bertz CT molecular complexity index is 1090. The molecule has 248 valence electrons. The van der Waals surface area contributed by atoms with Gasteiger partial charge in [-0.3, -0.25) is 0 Å². The minimum Gasteiger partial charge on any atom is -0.748 e. The van der Waals surface area contributed by atoms with Crippen molar-refractivity contribution in [1.29, 1.82) is 0 Å². The third kappa shape index (κ3) is 9.64. The van der Waals surface area contributed by atoms with E-state index in [-0.39, 0.29) is 28.3 Å². The second kappa shape index (κ2) is 15.9. The van der Waals surface area contributed by atoms with Gasteiger partial charge in [-0.1, -0.05) is 27.0 Å². The number of para-hydroxylation sites is 1. The quantitative estimate of drug-likeness (QED) is 0.110. The number of nitrogen functional groups attached to an aromatic ring is 1. The van der Waals surface area contributed by atoms with Gasteiger partial charge in [-0.05, 0) is 135 Å². The van der Waals surface area contributed by atoms with Crippen molar-refractivity contribution in [2.75, 3.05) is 18.2 Å². The molecular weight excluding hydrogens is 676 g/mol. The van der Waals surface area contributed by atoms with Crippen LogP contribution in [0.2, 0.25) is 0 Å². The maximum absolute atomic E-state index is 9.08. The van der Waals surface area contributed by atoms with Gasteiger partial charge in [0.05, 0.1) is 10.1 Å². The first-order chi connectivity index (χ1) is 20.6. The summed E-state index contributed by atoms with van der Waals surface area (Å²) in [5.41, 5.74) is 6.00. The largest absolute Gasteiger partial charge is 0.748 e. The summed E-state index contributed by atoms with van der Waals surface area (Å²) in [5.74, 6) is 6.95. The summed E-state index contributed by atoms with van der Waals surface area (Å²) < 4.78 is 27.2. The monoisotopic (exact) mass is 728 g/mol. The number of anilines is 1. The summed E-state index contributed by atoms with van der Waals surface area (Å²) in [5, 5.41) is 1.76. The maximum Gasteiger partial charge on any atom is 0.0916 e. The van der Waals surface area contributed by atoms with Crippen molar-refractivity contribution in [3.63, 3.8) is 0 Å². The average molecular weight is 729 g/mol. The first kappa shape index (κ1) is 36.1. The molecule has 0 aliphatic heterocycles. The van der Waals surface area contributed by atoms with Crippen molar-refractivity contribution in [3.05, 3.63) is 66.7 Å². The van der Waals surface area contributed by atoms with Gasteiger partial charge >= 0.3 is 0 Å². The molecule has 8 bridgehead atoms. The second-order valence-corrected chi connectivity index (χ2v) is 19.5. The number of hydrogen-bond acceptors (Lipinski definition) is 4. The van der Waals surface area contributed by atoms with E-state index in [1.165, 1.54) is 6.42 Å².